The topological polar surface area (TPSA) is 222 Å². The summed E-state index contributed by atoms with van der Waals surface area (Å²) >= 11 is 0. The van der Waals surface area contributed by atoms with Crippen molar-refractivity contribution in [2.75, 3.05) is 35.3 Å². The molecule has 0 bridgehead atoms. The molecule has 0 aliphatic carbocycles. The molecule has 0 fully saturated rings. The second-order valence-corrected chi connectivity index (χ2v) is 12.1. The zero-order chi connectivity index (χ0) is 45.1. The third-order valence-corrected chi connectivity index (χ3v) is 8.09. The SMILES string of the molecule is CC.CN.CNC=O.COC(N)=O.C[C@@H](c1ncc(-c2ccc(-c3ccc(-c4cnc(CCc5ccccc5)[nH]4)cc3)cc2)[nH]1)N(C)C.O=CCc1ccccc1.O=CO. The van der Waals surface area contributed by atoms with Crippen LogP contribution in [0.25, 0.3) is 33.6 Å². The minimum Gasteiger partial charge on any atom is -0.483 e. The van der Waals surface area contributed by atoms with Gasteiger partial charge in [0, 0.05) is 19.9 Å². The first-order valence-electron chi connectivity index (χ1n) is 19.2. The third-order valence-electron chi connectivity index (χ3n) is 8.09. The Morgan fingerprint density at radius 2 is 1.15 bits per heavy atom. The zero-order valence-electron chi connectivity index (χ0n) is 36.0. The molecule has 0 radical (unpaired) electrons. The summed E-state index contributed by atoms with van der Waals surface area (Å²) in [5.41, 5.74) is 18.1. The largest absolute Gasteiger partial charge is 0.483 e. The number of aldehydes is 1. The minimum atomic E-state index is -0.745. The zero-order valence-corrected chi connectivity index (χ0v) is 36.0. The van der Waals surface area contributed by atoms with Crippen LogP contribution in [0.3, 0.4) is 0 Å². The van der Waals surface area contributed by atoms with E-state index >= 15 is 0 Å². The van der Waals surface area contributed by atoms with Crippen molar-refractivity contribution in [1.82, 2.24) is 30.2 Å². The van der Waals surface area contributed by atoms with Crippen LogP contribution in [-0.2, 0) is 38.4 Å². The Bertz CT molecular complexity index is 1980. The van der Waals surface area contributed by atoms with E-state index < -0.39 is 6.09 Å². The summed E-state index contributed by atoms with van der Waals surface area (Å²) in [7, 11) is 8.41. The number of nitrogens with one attached hydrogen (secondary N) is 3. The number of nitrogens with two attached hydrogens (primary N) is 2. The summed E-state index contributed by atoms with van der Waals surface area (Å²) in [4.78, 5) is 55.0. The highest BCUT2D eigenvalue weighted by Crippen LogP contribution is 2.27. The molecule has 1 atom stereocenters. The molecule has 0 aliphatic heterocycles. The van der Waals surface area contributed by atoms with Gasteiger partial charge in [-0.05, 0) is 67.9 Å². The molecule has 4 aromatic carbocycles. The molecule has 0 saturated carbocycles. The van der Waals surface area contributed by atoms with Crippen LogP contribution in [-0.4, -0.2) is 90.5 Å². The molecule has 6 aromatic rings. The standard InChI is InChI=1S/C30H31N5.C8H8O.C2H5NO2.C2H5NO.C2H6.CH5N.CH2O2/c1-21(35(2)3)30-32-20-28(34-30)26-16-12-24(13-17-26)23-10-14-25(15-11-23)27-19-31-29(33-27)18-9-22-7-5-4-6-8-22;9-7-6-8-4-2-1-3-5-8;1-5-2(3)4;1-3-2-4;2*1-2;2-1-3/h4-8,10-17,19-21H,9,18H2,1-3H3,(H,31,33)(H,32,34);1-5,7H,6H2;1H3,(H2,3,4);2H,1H3,(H,3,4);1-2H3;2H2,1H3;1H,(H,2,3)/t21-;;;;;;/m0....../s1. The quantitative estimate of drug-likeness (QED) is 0.0713. The predicted molar refractivity (Wildman–Crippen MR) is 241 cm³/mol. The van der Waals surface area contributed by atoms with E-state index in [-0.39, 0.29) is 12.5 Å². The third kappa shape index (κ3) is 21.0. The lowest BCUT2D eigenvalue weighted by atomic mass is 10.0. The van der Waals surface area contributed by atoms with Gasteiger partial charge >= 0.3 is 6.09 Å². The number of aryl methyl sites for hydroxylation is 2. The van der Waals surface area contributed by atoms with Gasteiger partial charge in [-0.25, -0.2) is 14.8 Å². The van der Waals surface area contributed by atoms with Crippen LogP contribution in [0.1, 0.15) is 49.6 Å². The normalized spacial score (nSPS) is 9.77. The number of aromatic amines is 2. The number of ether oxygens (including phenoxy) is 1. The average molecular weight is 823 g/mol. The molecule has 14 nitrogen and oxygen atoms in total. The highest BCUT2D eigenvalue weighted by Gasteiger charge is 2.12. The number of imidazole rings is 2. The summed E-state index contributed by atoms with van der Waals surface area (Å²) < 4.78 is 3.89. The Balaban J connectivity index is 0.00000114. The number of benzene rings is 4. The first-order valence-corrected chi connectivity index (χ1v) is 19.2. The van der Waals surface area contributed by atoms with Gasteiger partial charge in [0.1, 0.15) is 17.9 Å². The molecule has 0 unspecified atom stereocenters. The summed E-state index contributed by atoms with van der Waals surface area (Å²) in [6.07, 6.45) is 7.05. The highest BCUT2D eigenvalue weighted by atomic mass is 16.5. The first kappa shape index (κ1) is 53.1. The fourth-order valence-electron chi connectivity index (χ4n) is 4.88. The fourth-order valence-corrected chi connectivity index (χ4v) is 4.88. The molecule has 322 valence electrons. The Morgan fingerprint density at radius 1 is 0.750 bits per heavy atom. The average Bonchev–Trinajstić information content (AvgIpc) is 4.00. The van der Waals surface area contributed by atoms with Crippen molar-refractivity contribution in [2.24, 2.45) is 11.5 Å². The van der Waals surface area contributed by atoms with Gasteiger partial charge in [-0.2, -0.15) is 0 Å². The van der Waals surface area contributed by atoms with E-state index in [9.17, 15) is 9.59 Å². The monoisotopic (exact) mass is 822 g/mol. The first-order chi connectivity index (χ1) is 29.1. The van der Waals surface area contributed by atoms with Gasteiger partial charge in [0.2, 0.25) is 6.41 Å². The van der Waals surface area contributed by atoms with Crippen molar-refractivity contribution in [3.8, 4) is 33.6 Å². The Hall–Kier alpha value is -6.90. The molecule has 8 N–H and O–H groups in total. The van der Waals surface area contributed by atoms with Crippen LogP contribution >= 0.6 is 0 Å². The van der Waals surface area contributed by atoms with Crippen LogP contribution in [0.5, 0.6) is 0 Å². The highest BCUT2D eigenvalue weighted by molar-refractivity contribution is 5.71. The number of H-pyrrole nitrogens is 2. The molecule has 2 amide bonds. The molecule has 2 heterocycles. The van der Waals surface area contributed by atoms with E-state index in [1.807, 2.05) is 62.6 Å². The van der Waals surface area contributed by atoms with Gasteiger partial charge in [0.15, 0.2) is 0 Å². The predicted octanol–water partition coefficient (Wildman–Crippen LogP) is 7.35. The van der Waals surface area contributed by atoms with E-state index in [0.29, 0.717) is 12.8 Å². The molecule has 60 heavy (non-hydrogen) atoms. The van der Waals surface area contributed by atoms with E-state index in [2.05, 4.69) is 140 Å². The second kappa shape index (κ2) is 33.1. The number of carbonyl (C=O) groups excluding carboxylic acids is 3. The minimum absolute atomic E-state index is 0.247. The maximum Gasteiger partial charge on any atom is 0.404 e. The number of primary amides is 1. The summed E-state index contributed by atoms with van der Waals surface area (Å²) in [6.45, 7) is 5.89. The molecule has 2 aromatic heterocycles. The Kier molecular flexibility index (Phi) is 29.3. The molecular weight excluding hydrogens is 761 g/mol. The van der Waals surface area contributed by atoms with Crippen LogP contribution in [0.15, 0.2) is 122 Å². The van der Waals surface area contributed by atoms with Gasteiger partial charge in [0.25, 0.3) is 6.47 Å². The summed E-state index contributed by atoms with van der Waals surface area (Å²) in [5.74, 6) is 2.00. The lowest BCUT2D eigenvalue weighted by Gasteiger charge is -2.16. The van der Waals surface area contributed by atoms with Crippen molar-refractivity contribution in [2.45, 2.75) is 46.1 Å². The fraction of sp³-hybridized carbons (Fsp3) is 0.261. The number of hydrogen-bond donors (Lipinski definition) is 6. The van der Waals surface area contributed by atoms with Crippen LogP contribution in [0, 0.1) is 0 Å². The Labute approximate surface area is 354 Å². The van der Waals surface area contributed by atoms with Crippen LogP contribution in [0.4, 0.5) is 4.79 Å². The van der Waals surface area contributed by atoms with E-state index in [1.165, 1.54) is 30.8 Å². The maximum atomic E-state index is 9.97. The Morgan fingerprint density at radius 3 is 1.55 bits per heavy atom. The summed E-state index contributed by atoms with van der Waals surface area (Å²) in [5, 5.41) is 9.14. The van der Waals surface area contributed by atoms with Crippen molar-refractivity contribution >= 4 is 25.3 Å². The van der Waals surface area contributed by atoms with E-state index in [1.54, 1.807) is 7.05 Å². The van der Waals surface area contributed by atoms with E-state index in [4.69, 9.17) is 14.7 Å². The van der Waals surface area contributed by atoms with Gasteiger partial charge in [-0.15, -0.1) is 0 Å². The number of aromatic nitrogens is 4. The number of carbonyl (C=O) groups is 4. The number of rotatable bonds is 11. The molecule has 14 heteroatoms. The van der Waals surface area contributed by atoms with E-state index in [0.717, 1.165) is 58.9 Å². The second-order valence-electron chi connectivity index (χ2n) is 12.1. The number of nitrogens with zero attached hydrogens (tertiary/aromatic N) is 3. The molecule has 0 aliphatic rings. The molecule has 0 spiro atoms. The van der Waals surface area contributed by atoms with Crippen LogP contribution < -0.4 is 16.8 Å². The molecular formula is C46H62N8O6. The number of hydrogen-bond acceptors (Lipinski definition) is 9. The number of methoxy groups -OCH3 is 1. The lowest BCUT2D eigenvalue weighted by molar-refractivity contribution is -0.123. The van der Waals surface area contributed by atoms with Gasteiger partial charge in [0.05, 0.1) is 36.9 Å². The van der Waals surface area contributed by atoms with Gasteiger partial charge in [-0.1, -0.05) is 123 Å². The molecule has 6 rings (SSSR count). The van der Waals surface area contributed by atoms with Crippen molar-refractivity contribution in [3.63, 3.8) is 0 Å². The molecule has 0 saturated heterocycles. The lowest BCUT2D eigenvalue weighted by Crippen LogP contribution is -2.17. The smallest absolute Gasteiger partial charge is 0.404 e. The van der Waals surface area contributed by atoms with Gasteiger partial charge < -0.3 is 41.4 Å². The van der Waals surface area contributed by atoms with Crippen molar-refractivity contribution in [3.05, 3.63) is 144 Å². The maximum absolute atomic E-state index is 9.97. The summed E-state index contributed by atoms with van der Waals surface area (Å²) in [6, 6.07) is 37.7. The van der Waals surface area contributed by atoms with Crippen molar-refractivity contribution < 1.29 is 29.0 Å². The number of amides is 2. The van der Waals surface area contributed by atoms with Crippen molar-refractivity contribution in [1.29, 1.82) is 0 Å². The van der Waals surface area contributed by atoms with Crippen LogP contribution in [0.2, 0.25) is 0 Å². The number of carboxylic acid groups (broad SMARTS) is 1. The van der Waals surface area contributed by atoms with Gasteiger partial charge in [-0.3, -0.25) is 14.5 Å².